The summed E-state index contributed by atoms with van der Waals surface area (Å²) in [6.45, 7) is 6.20. The Labute approximate surface area is 166 Å². The Kier molecular flexibility index (Phi) is 6.10. The Morgan fingerprint density at radius 2 is 1.75 bits per heavy atom. The molecule has 28 heavy (non-hydrogen) atoms. The summed E-state index contributed by atoms with van der Waals surface area (Å²) in [5, 5.41) is 6.07. The minimum Gasteiger partial charge on any atom is -0.490 e. The summed E-state index contributed by atoms with van der Waals surface area (Å²) >= 11 is 1.35. The molecule has 2 N–H and O–H groups in total. The van der Waals surface area contributed by atoms with Crippen LogP contribution in [0.5, 0.6) is 11.5 Å². The molecule has 146 valence electrons. The zero-order valence-corrected chi connectivity index (χ0v) is 16.7. The molecule has 0 atom stereocenters. The first kappa shape index (κ1) is 19.6. The summed E-state index contributed by atoms with van der Waals surface area (Å²) in [5.74, 6) is 0.718. The maximum atomic E-state index is 12.6. The number of hydrogen-bond donors (Lipinski definition) is 2. The number of fused-ring (bicyclic) bond motifs is 1. The number of aromatic nitrogens is 1. The van der Waals surface area contributed by atoms with Crippen LogP contribution >= 0.6 is 11.3 Å². The van der Waals surface area contributed by atoms with Crippen molar-refractivity contribution in [2.24, 2.45) is 0 Å². The van der Waals surface area contributed by atoms with Crippen LogP contribution < -0.4 is 20.1 Å². The minimum atomic E-state index is -0.255. The first-order valence-electron chi connectivity index (χ1n) is 8.89. The predicted molar refractivity (Wildman–Crippen MR) is 111 cm³/mol. The normalized spacial score (nSPS) is 10.5. The SMILES string of the molecule is CCOc1ccc(C(=O)Nc2ccc3nc(NC(C)=O)sc3c2)cc1OCC. The minimum absolute atomic E-state index is 0.173. The number of rotatable bonds is 7. The topological polar surface area (TPSA) is 89.5 Å². The Morgan fingerprint density at radius 1 is 1.00 bits per heavy atom. The van der Waals surface area contributed by atoms with Crippen molar-refractivity contribution in [2.75, 3.05) is 23.8 Å². The van der Waals surface area contributed by atoms with Crippen molar-refractivity contribution in [1.29, 1.82) is 0 Å². The summed E-state index contributed by atoms with van der Waals surface area (Å²) in [7, 11) is 0. The molecule has 0 saturated carbocycles. The number of thiazole rings is 1. The molecule has 0 spiro atoms. The second-order valence-corrected chi connectivity index (χ2v) is 6.90. The van der Waals surface area contributed by atoms with Crippen molar-refractivity contribution in [2.45, 2.75) is 20.8 Å². The standard InChI is InChI=1S/C20H21N3O4S/c1-4-26-16-9-6-13(10-17(16)27-5-2)19(25)22-14-7-8-15-18(11-14)28-20(23-15)21-12(3)24/h6-11H,4-5H2,1-3H3,(H,22,25)(H,21,23,24). The highest BCUT2D eigenvalue weighted by molar-refractivity contribution is 7.22. The van der Waals surface area contributed by atoms with Gasteiger partial charge in [0.15, 0.2) is 16.6 Å². The van der Waals surface area contributed by atoms with Crippen molar-refractivity contribution >= 4 is 44.2 Å². The number of nitrogens with zero attached hydrogens (tertiary/aromatic N) is 1. The molecule has 0 fully saturated rings. The highest BCUT2D eigenvalue weighted by Crippen LogP contribution is 2.30. The van der Waals surface area contributed by atoms with Crippen LogP contribution in [0.15, 0.2) is 36.4 Å². The molecular weight excluding hydrogens is 378 g/mol. The number of carbonyl (C=O) groups is 2. The first-order valence-corrected chi connectivity index (χ1v) is 9.71. The molecule has 0 aliphatic carbocycles. The van der Waals surface area contributed by atoms with Gasteiger partial charge in [0.2, 0.25) is 5.91 Å². The van der Waals surface area contributed by atoms with E-state index in [9.17, 15) is 9.59 Å². The van der Waals surface area contributed by atoms with Gasteiger partial charge in [-0.05, 0) is 50.2 Å². The van der Waals surface area contributed by atoms with Crippen molar-refractivity contribution in [1.82, 2.24) is 4.98 Å². The average molecular weight is 399 g/mol. The fourth-order valence-corrected chi connectivity index (χ4v) is 3.55. The van der Waals surface area contributed by atoms with Crippen molar-refractivity contribution in [3.05, 3.63) is 42.0 Å². The fourth-order valence-electron chi connectivity index (χ4n) is 2.60. The molecule has 3 rings (SSSR count). The second kappa shape index (κ2) is 8.71. The lowest BCUT2D eigenvalue weighted by atomic mass is 10.1. The van der Waals surface area contributed by atoms with E-state index in [1.807, 2.05) is 19.9 Å². The lowest BCUT2D eigenvalue weighted by molar-refractivity contribution is -0.114. The van der Waals surface area contributed by atoms with Gasteiger partial charge in [0.05, 0.1) is 23.4 Å². The molecule has 2 amide bonds. The predicted octanol–water partition coefficient (Wildman–Crippen LogP) is 4.30. The highest BCUT2D eigenvalue weighted by Gasteiger charge is 2.13. The van der Waals surface area contributed by atoms with Gasteiger partial charge in [-0.2, -0.15) is 0 Å². The number of ether oxygens (including phenoxy) is 2. The average Bonchev–Trinajstić information content (AvgIpc) is 3.04. The van der Waals surface area contributed by atoms with Gasteiger partial charge in [-0.1, -0.05) is 11.3 Å². The molecule has 2 aromatic carbocycles. The van der Waals surface area contributed by atoms with E-state index in [1.54, 1.807) is 30.3 Å². The molecule has 7 nitrogen and oxygen atoms in total. The van der Waals surface area contributed by atoms with Crippen LogP contribution in [0.2, 0.25) is 0 Å². The zero-order chi connectivity index (χ0) is 20.1. The van der Waals surface area contributed by atoms with E-state index in [4.69, 9.17) is 9.47 Å². The first-order chi connectivity index (χ1) is 13.5. The zero-order valence-electron chi connectivity index (χ0n) is 15.9. The van der Waals surface area contributed by atoms with Crippen molar-refractivity contribution in [3.63, 3.8) is 0 Å². The van der Waals surface area contributed by atoms with Gasteiger partial charge in [-0.25, -0.2) is 4.98 Å². The molecule has 0 saturated heterocycles. The van der Waals surface area contributed by atoms with E-state index in [1.165, 1.54) is 18.3 Å². The van der Waals surface area contributed by atoms with Crippen LogP contribution in [0.3, 0.4) is 0 Å². The quantitative estimate of drug-likeness (QED) is 0.618. The maximum absolute atomic E-state index is 12.6. The maximum Gasteiger partial charge on any atom is 0.255 e. The third-order valence-electron chi connectivity index (χ3n) is 3.73. The summed E-state index contributed by atoms with van der Waals surface area (Å²) in [5.41, 5.74) is 1.86. The second-order valence-electron chi connectivity index (χ2n) is 5.86. The lowest BCUT2D eigenvalue weighted by Gasteiger charge is -2.12. The van der Waals surface area contributed by atoms with E-state index in [2.05, 4.69) is 15.6 Å². The van der Waals surface area contributed by atoms with Gasteiger partial charge in [0.1, 0.15) is 0 Å². The molecule has 0 aliphatic heterocycles. The van der Waals surface area contributed by atoms with Crippen LogP contribution in [0, 0.1) is 0 Å². The third kappa shape index (κ3) is 4.58. The molecule has 0 unspecified atom stereocenters. The van der Waals surface area contributed by atoms with Crippen molar-refractivity contribution < 1.29 is 19.1 Å². The molecule has 0 radical (unpaired) electrons. The summed E-state index contributed by atoms with van der Waals surface area (Å²) in [4.78, 5) is 28.2. The van der Waals surface area contributed by atoms with E-state index in [0.717, 1.165) is 10.2 Å². The van der Waals surface area contributed by atoms with Gasteiger partial charge in [-0.3, -0.25) is 9.59 Å². The number of benzene rings is 2. The fraction of sp³-hybridized carbons (Fsp3) is 0.250. The van der Waals surface area contributed by atoms with Crippen LogP contribution in [0.25, 0.3) is 10.2 Å². The number of hydrogen-bond acceptors (Lipinski definition) is 6. The van der Waals surface area contributed by atoms with Gasteiger partial charge in [-0.15, -0.1) is 0 Å². The van der Waals surface area contributed by atoms with Gasteiger partial charge < -0.3 is 20.1 Å². The highest BCUT2D eigenvalue weighted by atomic mass is 32.1. The lowest BCUT2D eigenvalue weighted by Crippen LogP contribution is -2.12. The molecular formula is C20H21N3O4S. The molecule has 1 aromatic heterocycles. The van der Waals surface area contributed by atoms with E-state index in [0.29, 0.717) is 41.1 Å². The third-order valence-corrected chi connectivity index (χ3v) is 4.67. The van der Waals surface area contributed by atoms with Crippen LogP contribution in [-0.2, 0) is 4.79 Å². The van der Waals surface area contributed by atoms with Gasteiger partial charge >= 0.3 is 0 Å². The molecule has 1 heterocycles. The van der Waals surface area contributed by atoms with Crippen LogP contribution in [0.1, 0.15) is 31.1 Å². The summed E-state index contributed by atoms with van der Waals surface area (Å²) in [6, 6.07) is 10.5. The smallest absolute Gasteiger partial charge is 0.255 e. The van der Waals surface area contributed by atoms with Gasteiger partial charge in [0.25, 0.3) is 5.91 Å². The number of nitrogens with one attached hydrogen (secondary N) is 2. The largest absolute Gasteiger partial charge is 0.490 e. The molecule has 8 heteroatoms. The summed E-state index contributed by atoms with van der Waals surface area (Å²) < 4.78 is 12.0. The summed E-state index contributed by atoms with van der Waals surface area (Å²) in [6.07, 6.45) is 0. The van der Waals surface area contributed by atoms with Crippen LogP contribution in [0.4, 0.5) is 10.8 Å². The number of anilines is 2. The van der Waals surface area contributed by atoms with E-state index in [-0.39, 0.29) is 11.8 Å². The van der Waals surface area contributed by atoms with Gasteiger partial charge in [0, 0.05) is 18.2 Å². The Bertz CT molecular complexity index is 1020. The van der Waals surface area contributed by atoms with E-state index < -0.39 is 0 Å². The number of carbonyl (C=O) groups excluding carboxylic acids is 2. The van der Waals surface area contributed by atoms with Crippen LogP contribution in [-0.4, -0.2) is 30.0 Å². The Balaban J connectivity index is 1.80. The molecule has 3 aromatic rings. The Morgan fingerprint density at radius 3 is 2.46 bits per heavy atom. The molecule has 0 bridgehead atoms. The van der Waals surface area contributed by atoms with E-state index >= 15 is 0 Å². The Hall–Kier alpha value is -3.13. The number of amides is 2. The molecule has 0 aliphatic rings. The monoisotopic (exact) mass is 399 g/mol. The van der Waals surface area contributed by atoms with Crippen molar-refractivity contribution in [3.8, 4) is 11.5 Å².